The number of rotatable bonds is 17. The fraction of sp³-hybridized carbons (Fsp3) is 0.890. The molecule has 15 saturated carbocycles. The van der Waals surface area contributed by atoms with Gasteiger partial charge < -0.3 is 38.2 Å². The van der Waals surface area contributed by atoms with Gasteiger partial charge in [-0.25, -0.2) is 43.2 Å². The smallest absolute Gasteiger partial charge is 1.00 e. The molecular weight excluding hydrogens is 1690 g/mol. The first kappa shape index (κ1) is 109. The van der Waals surface area contributed by atoms with Gasteiger partial charge in [-0.1, -0.05) is 134 Å². The molecule has 16 fully saturated rings. The molecule has 0 amide bonds. The number of hydrogen-bond acceptors (Lipinski definition) is 11. The van der Waals surface area contributed by atoms with E-state index in [1.54, 1.807) is 36.4 Å². The Kier molecular flexibility index (Phi) is 34.4. The number of sulfone groups is 2. The molecule has 1 heterocycles. The van der Waals surface area contributed by atoms with Gasteiger partial charge in [-0.15, -0.1) is 0 Å². The van der Waals surface area contributed by atoms with Crippen molar-refractivity contribution in [3.8, 4) is 0 Å². The van der Waals surface area contributed by atoms with Crippen LogP contribution in [0.5, 0.6) is 0 Å². The van der Waals surface area contributed by atoms with Crippen LogP contribution in [0.4, 0.5) is 26.3 Å². The molecule has 2 aromatic carbocycles. The van der Waals surface area contributed by atoms with Gasteiger partial charge in [0, 0.05) is 45.6 Å². The van der Waals surface area contributed by atoms with Gasteiger partial charge in [0.25, 0.3) is 0 Å². The third kappa shape index (κ3) is 22.6. The van der Waals surface area contributed by atoms with Crippen LogP contribution < -0.4 is 0 Å². The summed E-state index contributed by atoms with van der Waals surface area (Å²) in [6, 6.07) is 17.7. The molecule has 18 rings (SSSR count). The fourth-order valence-electron chi connectivity index (χ4n) is 33.7. The Morgan fingerprint density at radius 3 is 1.05 bits per heavy atom. The van der Waals surface area contributed by atoms with Crippen molar-refractivity contribution < 1.29 is 81.4 Å². The molecule has 15 aliphatic carbocycles. The van der Waals surface area contributed by atoms with E-state index in [1.165, 1.54) is 109 Å². The zero-order valence-corrected chi connectivity index (χ0v) is 83.0. The van der Waals surface area contributed by atoms with Crippen molar-refractivity contribution in [1.82, 2.24) is 0 Å². The normalized spacial score (nSPS) is 42.7. The molecular formula is C109H182F6MgO11S2. The Morgan fingerprint density at radius 1 is 0.372 bits per heavy atom. The minimum Gasteiger partial charge on any atom is -1.00 e. The third-order valence-electron chi connectivity index (χ3n) is 41.6. The van der Waals surface area contributed by atoms with Crippen LogP contribution in [0.3, 0.4) is 0 Å². The summed E-state index contributed by atoms with van der Waals surface area (Å²) in [6.45, 7) is 29.0. The molecule has 1 saturated heterocycles. The van der Waals surface area contributed by atoms with Crippen LogP contribution in [0.2, 0.25) is 0 Å². The van der Waals surface area contributed by atoms with Gasteiger partial charge >= 0.3 is 23.1 Å². The molecule has 0 bridgehead atoms. The number of aliphatic hydroxyl groups is 6. The van der Waals surface area contributed by atoms with Gasteiger partial charge in [0.1, 0.15) is 0 Å². The van der Waals surface area contributed by atoms with Crippen LogP contribution in [0.15, 0.2) is 70.5 Å². The quantitative estimate of drug-likeness (QED) is 0.0500. The predicted molar refractivity (Wildman–Crippen MR) is 514 cm³/mol. The molecule has 2 aromatic rings. The fourth-order valence-corrected chi connectivity index (χ4v) is 37.2. The molecule has 28 atom stereocenters. The van der Waals surface area contributed by atoms with E-state index in [9.17, 15) is 68.7 Å². The average Bonchev–Trinajstić information content (AvgIpc) is 1.49. The zero-order chi connectivity index (χ0) is 90.6. The Hall–Kier alpha value is -1.59. The summed E-state index contributed by atoms with van der Waals surface area (Å²) in [4.78, 5) is 0.788. The van der Waals surface area contributed by atoms with Crippen molar-refractivity contribution in [3.05, 3.63) is 60.7 Å². The molecule has 1 spiro atoms. The topological polar surface area (TPSA) is 202 Å². The summed E-state index contributed by atoms with van der Waals surface area (Å²) in [6.07, 6.45) is 36.8. The van der Waals surface area contributed by atoms with Crippen LogP contribution in [-0.2, 0) is 24.4 Å². The van der Waals surface area contributed by atoms with Crippen molar-refractivity contribution in [2.24, 2.45) is 139 Å². The summed E-state index contributed by atoms with van der Waals surface area (Å²) < 4.78 is 140. The van der Waals surface area contributed by atoms with Crippen LogP contribution in [0, 0.1) is 139 Å². The van der Waals surface area contributed by atoms with E-state index < -0.39 is 70.7 Å². The number of fused-ring (bicyclic) bond motifs is 15. The Bertz CT molecular complexity index is 4160. The molecule has 20 heteroatoms. The number of alkyl halides is 6. The maximum Gasteiger partial charge on any atom is 2.00 e. The van der Waals surface area contributed by atoms with Gasteiger partial charge in [0.15, 0.2) is 19.7 Å². The SMILES string of the molecule is C.C.C.CO.C[C@H](C(CCC1(O)CCC(F)(F)CC1)S(=O)(=O)c1ccccc1)[C@H]1CC[C@H]2[C@@H]3CC[C@H]4C[C@@](C)(O)CC[C@]4(C)[C@H]3CC[C@]12C.C[C@H](CCCC1(O)CCC(F)(F)CC1)[C@H]1CC[C@H]2[C@@H]3CC[C@H]4C[C@@](C)(O)CC[C@]4(C)[C@H]3CC[C@]12C.C[C@H](CCS(=O)(=O)c1ccccc1)[C@H]1CC[C@H]2[C@@H]3CC[C@H]4C[C@@](C)(O)CC[C@]4(C)[C@H]3CC[C@]12C.FC1(F)CCC2(CC1)CO2.[H-].[H-].[Mg+2]. The van der Waals surface area contributed by atoms with E-state index in [4.69, 9.17) is 9.84 Å². The first-order valence-corrected chi connectivity index (χ1v) is 54.0. The first-order chi connectivity index (χ1) is 58.4. The Balaban J connectivity index is 0.000000224. The van der Waals surface area contributed by atoms with E-state index >= 15 is 0 Å². The largest absolute Gasteiger partial charge is 2.00 e. The van der Waals surface area contributed by atoms with Crippen molar-refractivity contribution >= 4 is 42.7 Å². The summed E-state index contributed by atoms with van der Waals surface area (Å²) in [5, 5.41) is 60.9. The molecule has 0 aromatic heterocycles. The predicted octanol–water partition coefficient (Wildman–Crippen LogP) is 27.0. The zero-order valence-electron chi connectivity index (χ0n) is 82.0. The number of aliphatic hydroxyl groups excluding tert-OH is 1. The van der Waals surface area contributed by atoms with Gasteiger partial charge in [-0.2, -0.15) is 0 Å². The van der Waals surface area contributed by atoms with Crippen LogP contribution in [0.1, 0.15) is 397 Å². The molecule has 6 N–H and O–H groups in total. The van der Waals surface area contributed by atoms with E-state index in [0.717, 1.165) is 132 Å². The van der Waals surface area contributed by atoms with E-state index in [1.807, 2.05) is 31.2 Å². The third-order valence-corrected chi connectivity index (χ3v) is 45.7. The van der Waals surface area contributed by atoms with Gasteiger partial charge in [0.05, 0.1) is 61.0 Å². The van der Waals surface area contributed by atoms with Crippen molar-refractivity contribution in [1.29, 1.82) is 0 Å². The number of halogens is 6. The van der Waals surface area contributed by atoms with Crippen molar-refractivity contribution in [2.75, 3.05) is 19.5 Å². The number of ether oxygens (including phenoxy) is 1. The van der Waals surface area contributed by atoms with Crippen LogP contribution >= 0.6 is 0 Å². The van der Waals surface area contributed by atoms with E-state index in [2.05, 4.69) is 76.2 Å². The molecule has 16 aliphatic rings. The van der Waals surface area contributed by atoms with Crippen molar-refractivity contribution in [2.45, 2.75) is 461 Å². The monoisotopic (exact) mass is 1870 g/mol. The second-order valence-electron chi connectivity index (χ2n) is 48.8. The van der Waals surface area contributed by atoms with Gasteiger partial charge in [0.2, 0.25) is 17.8 Å². The molecule has 0 radical (unpaired) electrons. The Labute approximate surface area is 798 Å². The second kappa shape index (κ2) is 40.6. The minimum atomic E-state index is -3.70. The summed E-state index contributed by atoms with van der Waals surface area (Å²) >= 11 is 0. The first-order valence-electron chi connectivity index (χ1n) is 50.8. The molecule has 129 heavy (non-hydrogen) atoms. The van der Waals surface area contributed by atoms with E-state index in [0.29, 0.717) is 117 Å². The van der Waals surface area contributed by atoms with Gasteiger partial charge in [-0.3, -0.25) is 0 Å². The summed E-state index contributed by atoms with van der Waals surface area (Å²) in [7, 11) is -5.90. The van der Waals surface area contributed by atoms with Gasteiger partial charge in [-0.05, 0) is 422 Å². The van der Waals surface area contributed by atoms with Crippen LogP contribution in [0.25, 0.3) is 0 Å². The molecule has 1 unspecified atom stereocenters. The standard InChI is InChI=1S/C37H56F2O4S.C31H52F2O2.C30H46O3S.C7H10F2O.CH4O.3CH4.Mg.2H/c1-25(32(44(42,43)27-8-6-5-7-9-27)15-17-36(41)20-22-37(38,39)23-21-36)29-12-13-30-28-11-10-26-24-33(2,40)18-19-34(26,3)31(28)14-16-35(29,30)4;1-21(6-5-12-30(35)16-18-31(32,33)19-17-30)24-9-10-25-23-8-7-22-20-27(2,34)14-15-28(22,3)26(23)11-13-29(24,25)4;1-21(15-19-34(32,33)23-8-6-5-7-9-23)25-12-13-26-24-11-10-22-20-28(2,31)17-18-29(22,3)27(24)14-16-30(25,26)4;8-7(9)3-1-6(2-4-7)5-10-6;1-2;;;;;;/h5-9,25-26,28-32,40-41H,10-24H2,1-4H3;21-26,34-35H,5-20H2,1-4H3;5-9,21-22,24-27,31H,10-20H2,1-4H3;1-5H2;2H,1H3;3*1H4;;;/q;;;;;;;;+2;2*-1/t25-,26-,28-,29+,30-,31-,32?,33-,34-,35+;21-,22+,23+,24-,25+,26+,27+,28+,29-;21-,22+,24+,25-,26+,27+,28+,29+,30-;;;;;;;;/m011......../s1. The maximum atomic E-state index is 14.3. The molecule has 1 aliphatic heterocycles. The molecule has 740 valence electrons. The van der Waals surface area contributed by atoms with Crippen LogP contribution in [-0.4, -0.2) is 147 Å². The minimum absolute atomic E-state index is 0. The molecule has 11 nitrogen and oxygen atoms in total. The average molecular weight is 1870 g/mol. The summed E-state index contributed by atoms with van der Waals surface area (Å²) in [5.41, 5.74) is -1.68. The van der Waals surface area contributed by atoms with Crippen molar-refractivity contribution in [3.63, 3.8) is 0 Å². The summed E-state index contributed by atoms with van der Waals surface area (Å²) in [5.74, 6) is 4.05. The van der Waals surface area contributed by atoms with E-state index in [-0.39, 0.29) is 153 Å². The number of hydrogen-bond donors (Lipinski definition) is 6. The second-order valence-corrected chi connectivity index (χ2v) is 53.1. The Morgan fingerprint density at radius 2 is 0.690 bits per heavy atom. The number of benzene rings is 2. The maximum absolute atomic E-state index is 14.3. The number of epoxide rings is 1.